The molecule has 142 valence electrons. The lowest BCUT2D eigenvalue weighted by Crippen LogP contribution is -2.21. The molecule has 0 bridgehead atoms. The van der Waals surface area contributed by atoms with Crippen LogP contribution < -0.4 is 5.32 Å². The maximum absolute atomic E-state index is 12.5. The molecule has 0 fully saturated rings. The third kappa shape index (κ3) is 3.26. The zero-order valence-electron chi connectivity index (χ0n) is 16.4. The van der Waals surface area contributed by atoms with Crippen LogP contribution in [0, 0.1) is 20.8 Å². The van der Waals surface area contributed by atoms with Crippen LogP contribution in [0.5, 0.6) is 0 Å². The van der Waals surface area contributed by atoms with E-state index < -0.39 is 0 Å². The van der Waals surface area contributed by atoms with Gasteiger partial charge in [0.25, 0.3) is 0 Å². The van der Waals surface area contributed by atoms with Gasteiger partial charge < -0.3 is 5.32 Å². The van der Waals surface area contributed by atoms with Gasteiger partial charge in [0.1, 0.15) is 12.4 Å². The molecule has 0 radical (unpaired) electrons. The fourth-order valence-corrected chi connectivity index (χ4v) is 3.55. The van der Waals surface area contributed by atoms with E-state index in [-0.39, 0.29) is 12.5 Å². The SMILES string of the molecule is Cc1cc(NC(=O)Cn2nc(C)c(-c3ccc4ncccc4c3)c2C)n(C)n1. The van der Waals surface area contributed by atoms with Crippen molar-refractivity contribution in [1.29, 1.82) is 0 Å². The number of carbonyl (C=O) groups excluding carboxylic acids is 1. The van der Waals surface area contributed by atoms with Gasteiger partial charge in [0.05, 0.1) is 16.9 Å². The zero-order valence-corrected chi connectivity index (χ0v) is 16.4. The van der Waals surface area contributed by atoms with Crippen LogP contribution in [0.3, 0.4) is 0 Å². The lowest BCUT2D eigenvalue weighted by Gasteiger charge is -2.08. The van der Waals surface area contributed by atoms with Crippen LogP contribution in [0.15, 0.2) is 42.6 Å². The highest BCUT2D eigenvalue weighted by Crippen LogP contribution is 2.29. The molecular formula is C21H22N6O. The van der Waals surface area contributed by atoms with Crippen LogP contribution in [0.4, 0.5) is 5.82 Å². The molecule has 4 rings (SSSR count). The van der Waals surface area contributed by atoms with Gasteiger partial charge in [-0.25, -0.2) is 0 Å². The molecule has 0 unspecified atom stereocenters. The van der Waals surface area contributed by atoms with Crippen LogP contribution >= 0.6 is 0 Å². The number of carbonyl (C=O) groups is 1. The van der Waals surface area contributed by atoms with Crippen molar-refractivity contribution in [2.45, 2.75) is 27.3 Å². The molecule has 1 N–H and O–H groups in total. The Kier molecular flexibility index (Phi) is 4.43. The van der Waals surface area contributed by atoms with E-state index in [9.17, 15) is 4.79 Å². The summed E-state index contributed by atoms with van der Waals surface area (Å²) in [6.45, 7) is 5.99. The highest BCUT2D eigenvalue weighted by Gasteiger charge is 2.16. The van der Waals surface area contributed by atoms with Gasteiger partial charge in [-0.15, -0.1) is 0 Å². The second kappa shape index (κ2) is 6.92. The average Bonchev–Trinajstić information content (AvgIpc) is 3.12. The van der Waals surface area contributed by atoms with Crippen molar-refractivity contribution in [3.63, 3.8) is 0 Å². The summed E-state index contributed by atoms with van der Waals surface area (Å²) >= 11 is 0. The van der Waals surface area contributed by atoms with E-state index in [0.717, 1.165) is 39.1 Å². The summed E-state index contributed by atoms with van der Waals surface area (Å²) in [5.41, 5.74) is 5.79. The van der Waals surface area contributed by atoms with E-state index in [1.165, 1.54) is 0 Å². The molecule has 1 amide bonds. The Morgan fingerprint density at radius 2 is 1.93 bits per heavy atom. The number of anilines is 1. The molecule has 0 saturated heterocycles. The smallest absolute Gasteiger partial charge is 0.247 e. The number of fused-ring (bicyclic) bond motifs is 1. The molecule has 0 atom stereocenters. The molecule has 0 aliphatic heterocycles. The fraction of sp³-hybridized carbons (Fsp3) is 0.238. The van der Waals surface area contributed by atoms with Crippen molar-refractivity contribution in [2.75, 3.05) is 5.32 Å². The average molecular weight is 374 g/mol. The maximum atomic E-state index is 12.5. The molecule has 0 spiro atoms. The summed E-state index contributed by atoms with van der Waals surface area (Å²) in [6, 6.07) is 12.0. The Balaban J connectivity index is 1.61. The number of aromatic nitrogens is 5. The van der Waals surface area contributed by atoms with Crippen LogP contribution in [-0.4, -0.2) is 30.5 Å². The summed E-state index contributed by atoms with van der Waals surface area (Å²) in [5.74, 6) is 0.536. The third-order valence-electron chi connectivity index (χ3n) is 4.84. The second-order valence-electron chi connectivity index (χ2n) is 6.96. The number of nitrogens with one attached hydrogen (secondary N) is 1. The Morgan fingerprint density at radius 3 is 2.68 bits per heavy atom. The monoisotopic (exact) mass is 374 g/mol. The molecule has 0 aliphatic carbocycles. The van der Waals surface area contributed by atoms with E-state index in [0.29, 0.717) is 5.82 Å². The number of rotatable bonds is 4. The molecule has 1 aromatic carbocycles. The van der Waals surface area contributed by atoms with Gasteiger partial charge >= 0.3 is 0 Å². The Labute approximate surface area is 163 Å². The van der Waals surface area contributed by atoms with Gasteiger partial charge in [-0.1, -0.05) is 12.1 Å². The topological polar surface area (TPSA) is 77.6 Å². The molecular weight excluding hydrogens is 352 g/mol. The first kappa shape index (κ1) is 17.9. The summed E-state index contributed by atoms with van der Waals surface area (Å²) in [4.78, 5) is 16.9. The predicted molar refractivity (Wildman–Crippen MR) is 109 cm³/mol. The molecule has 7 heteroatoms. The van der Waals surface area contributed by atoms with Gasteiger partial charge in [-0.2, -0.15) is 10.2 Å². The second-order valence-corrected chi connectivity index (χ2v) is 6.96. The Hall–Kier alpha value is -3.48. The molecule has 28 heavy (non-hydrogen) atoms. The van der Waals surface area contributed by atoms with Gasteiger partial charge in [0, 0.05) is 36.0 Å². The molecule has 4 aromatic rings. The van der Waals surface area contributed by atoms with Crippen LogP contribution in [0.25, 0.3) is 22.0 Å². The first-order valence-corrected chi connectivity index (χ1v) is 9.12. The largest absolute Gasteiger partial charge is 0.309 e. The molecule has 0 aliphatic rings. The number of hydrogen-bond acceptors (Lipinski definition) is 4. The standard InChI is InChI=1S/C21H22N6O/c1-13-10-19(26(4)24-13)23-20(28)12-27-15(3)21(14(2)25-27)17-7-8-18-16(11-17)6-5-9-22-18/h5-11H,12H2,1-4H3,(H,23,28). The van der Waals surface area contributed by atoms with Crippen molar-refractivity contribution in [3.8, 4) is 11.1 Å². The van der Waals surface area contributed by atoms with E-state index in [1.54, 1.807) is 22.6 Å². The summed E-state index contributed by atoms with van der Waals surface area (Å²) < 4.78 is 3.40. The minimum atomic E-state index is -0.136. The van der Waals surface area contributed by atoms with Gasteiger partial charge in [0.15, 0.2) is 0 Å². The van der Waals surface area contributed by atoms with E-state index in [1.807, 2.05) is 45.0 Å². The normalized spacial score (nSPS) is 11.1. The first-order valence-electron chi connectivity index (χ1n) is 9.12. The van der Waals surface area contributed by atoms with Crippen LogP contribution in [0.1, 0.15) is 17.1 Å². The number of nitrogens with zero attached hydrogens (tertiary/aromatic N) is 5. The van der Waals surface area contributed by atoms with Crippen molar-refractivity contribution in [1.82, 2.24) is 24.5 Å². The highest BCUT2D eigenvalue weighted by molar-refractivity contribution is 5.90. The number of hydrogen-bond donors (Lipinski definition) is 1. The Morgan fingerprint density at radius 1 is 1.11 bits per heavy atom. The van der Waals surface area contributed by atoms with Crippen molar-refractivity contribution >= 4 is 22.6 Å². The van der Waals surface area contributed by atoms with Gasteiger partial charge in [0.2, 0.25) is 5.91 Å². The zero-order chi connectivity index (χ0) is 19.8. The molecule has 3 heterocycles. The maximum Gasteiger partial charge on any atom is 0.247 e. The lowest BCUT2D eigenvalue weighted by atomic mass is 10.0. The first-order chi connectivity index (χ1) is 13.4. The van der Waals surface area contributed by atoms with E-state index >= 15 is 0 Å². The number of pyridine rings is 1. The summed E-state index contributed by atoms with van der Waals surface area (Å²) in [7, 11) is 1.80. The van der Waals surface area contributed by atoms with Gasteiger partial charge in [-0.05, 0) is 44.5 Å². The lowest BCUT2D eigenvalue weighted by molar-refractivity contribution is -0.117. The van der Waals surface area contributed by atoms with E-state index in [2.05, 4.69) is 32.6 Å². The van der Waals surface area contributed by atoms with Crippen LogP contribution in [0.2, 0.25) is 0 Å². The molecule has 7 nitrogen and oxygen atoms in total. The molecule has 3 aromatic heterocycles. The fourth-order valence-electron chi connectivity index (χ4n) is 3.55. The Bertz CT molecular complexity index is 1190. The summed E-state index contributed by atoms with van der Waals surface area (Å²) in [6.07, 6.45) is 1.79. The van der Waals surface area contributed by atoms with E-state index in [4.69, 9.17) is 0 Å². The minimum Gasteiger partial charge on any atom is -0.309 e. The highest BCUT2D eigenvalue weighted by atomic mass is 16.2. The van der Waals surface area contributed by atoms with Crippen LogP contribution in [-0.2, 0) is 18.4 Å². The number of amides is 1. The number of aryl methyl sites for hydroxylation is 3. The molecule has 0 saturated carbocycles. The van der Waals surface area contributed by atoms with Crippen molar-refractivity contribution < 1.29 is 4.79 Å². The number of benzene rings is 1. The van der Waals surface area contributed by atoms with Crippen molar-refractivity contribution in [2.24, 2.45) is 7.05 Å². The third-order valence-corrected chi connectivity index (χ3v) is 4.84. The van der Waals surface area contributed by atoms with Crippen molar-refractivity contribution in [3.05, 3.63) is 59.7 Å². The summed E-state index contributed by atoms with van der Waals surface area (Å²) in [5, 5.41) is 12.8. The quantitative estimate of drug-likeness (QED) is 0.594. The predicted octanol–water partition coefficient (Wildman–Crippen LogP) is 3.40. The van der Waals surface area contributed by atoms with Gasteiger partial charge in [-0.3, -0.25) is 19.1 Å². The minimum absolute atomic E-state index is 0.136.